The lowest BCUT2D eigenvalue weighted by molar-refractivity contribution is 0.407. The van der Waals surface area contributed by atoms with E-state index in [9.17, 15) is 10.2 Å². The second-order valence-corrected chi connectivity index (χ2v) is 23.3. The number of thioether (sulfide) groups is 2. The van der Waals surface area contributed by atoms with Gasteiger partial charge in [-0.25, -0.2) is 0 Å². The van der Waals surface area contributed by atoms with Crippen molar-refractivity contribution in [2.24, 2.45) is 0 Å². The molecule has 1 fully saturated rings. The van der Waals surface area contributed by atoms with Crippen LogP contribution in [-0.2, 0) is 22.3 Å². The van der Waals surface area contributed by atoms with Crippen LogP contribution in [-0.4, -0.2) is 20.7 Å². The predicted octanol–water partition coefficient (Wildman–Crippen LogP) is 18.8. The van der Waals surface area contributed by atoms with Crippen molar-refractivity contribution in [2.75, 3.05) is 0 Å². The molecule has 1 aliphatic rings. The molecule has 2 N–H and O–H groups in total. The fraction of sp³-hybridized carbons (Fsp3) is 0.262. The second-order valence-electron chi connectivity index (χ2n) is 20.8. The molecule has 0 aliphatic heterocycles. The van der Waals surface area contributed by atoms with E-state index in [0.29, 0.717) is 33.5 Å². The van der Waals surface area contributed by atoms with Crippen LogP contribution in [0.1, 0.15) is 95.9 Å². The van der Waals surface area contributed by atoms with Gasteiger partial charge in [0, 0.05) is 55.4 Å². The van der Waals surface area contributed by atoms with Gasteiger partial charge in [0.05, 0.1) is 0 Å². The maximum atomic E-state index is 12.3. The van der Waals surface area contributed by atoms with Crippen LogP contribution < -0.4 is 9.47 Å². The molecule has 0 spiro atoms. The summed E-state index contributed by atoms with van der Waals surface area (Å²) in [6.45, 7) is 13.3. The summed E-state index contributed by atoms with van der Waals surface area (Å²) in [5, 5.41) is 25.3. The Morgan fingerprint density at radius 2 is 0.718 bits per heavy atom. The Morgan fingerprint density at radius 1 is 0.408 bits per heavy atom. The SMILES string of the molecule is CC(C)(C)c1cc(CSC2CCCCC[C@H]2SCc2cc(C(C)(C)C)cc(Oc3c(-c4ccccc4)cccc3-c3ccccc3)c2O)c(O)c(Oc2c(-c3ccccc3)cccc2-c2ccccc2)c1. The number of ether oxygens (including phenoxy) is 2. The van der Waals surface area contributed by atoms with Gasteiger partial charge in [0.25, 0.3) is 0 Å². The lowest BCUT2D eigenvalue weighted by Gasteiger charge is -2.27. The van der Waals surface area contributed by atoms with E-state index in [1.165, 1.54) is 19.3 Å². The zero-order chi connectivity index (χ0) is 49.5. The molecule has 0 saturated heterocycles. The number of para-hydroxylation sites is 2. The third-order valence-electron chi connectivity index (χ3n) is 13.6. The minimum Gasteiger partial charge on any atom is -0.504 e. The van der Waals surface area contributed by atoms with Crippen LogP contribution in [0.4, 0.5) is 0 Å². The van der Waals surface area contributed by atoms with Gasteiger partial charge in [-0.1, -0.05) is 231 Å². The lowest BCUT2D eigenvalue weighted by atomic mass is 9.86. The Kier molecular flexibility index (Phi) is 15.4. The monoisotopic (exact) mass is 974 g/mol. The van der Waals surface area contributed by atoms with Crippen LogP contribution in [0.2, 0.25) is 0 Å². The first-order chi connectivity index (χ1) is 34.3. The van der Waals surface area contributed by atoms with Crippen molar-refractivity contribution in [3.63, 3.8) is 0 Å². The largest absolute Gasteiger partial charge is 0.504 e. The van der Waals surface area contributed by atoms with Crippen LogP contribution in [0.15, 0.2) is 182 Å². The van der Waals surface area contributed by atoms with E-state index in [2.05, 4.69) is 139 Å². The quantitative estimate of drug-likeness (QED) is 0.106. The minimum absolute atomic E-state index is 0.186. The standard InChI is InChI=1S/C65H66O4S2/c1-64(2,3)50-38-48(60(66)56(40-50)68-62-52(44-24-12-7-13-25-44)32-22-33-53(62)45-26-14-8-15-27-45)42-70-58-36-20-11-21-37-59(58)71-43-49-39-51(65(4,5)6)41-57(61(49)67)69-63-54(46-28-16-9-17-29-46)34-23-35-55(63)47-30-18-10-19-31-47/h7-10,12-19,22-35,38-41,58-59,66-67H,11,20-21,36-37,42-43H2,1-6H3/t58-,59?/m1/s1. The predicted molar refractivity (Wildman–Crippen MR) is 302 cm³/mol. The topological polar surface area (TPSA) is 58.9 Å². The average molecular weight is 975 g/mol. The molecule has 1 aliphatic carbocycles. The van der Waals surface area contributed by atoms with Crippen LogP contribution in [0, 0.1) is 0 Å². The van der Waals surface area contributed by atoms with Crippen LogP contribution in [0.3, 0.4) is 0 Å². The number of phenolic OH excluding ortho intramolecular Hbond substituents is 2. The van der Waals surface area contributed by atoms with Crippen molar-refractivity contribution < 1.29 is 19.7 Å². The Balaban J connectivity index is 1.01. The summed E-state index contributed by atoms with van der Waals surface area (Å²) in [6.07, 6.45) is 5.73. The Labute approximate surface area is 430 Å². The summed E-state index contributed by atoms with van der Waals surface area (Å²) >= 11 is 3.90. The zero-order valence-electron chi connectivity index (χ0n) is 42.0. The number of hydrogen-bond donors (Lipinski definition) is 2. The Bertz CT molecular complexity index is 2720. The fourth-order valence-corrected chi connectivity index (χ4v) is 12.5. The van der Waals surface area contributed by atoms with E-state index in [4.69, 9.17) is 9.47 Å². The maximum absolute atomic E-state index is 12.3. The highest BCUT2D eigenvalue weighted by atomic mass is 32.2. The van der Waals surface area contributed by atoms with Crippen LogP contribution in [0.5, 0.6) is 34.5 Å². The zero-order valence-corrected chi connectivity index (χ0v) is 43.6. The van der Waals surface area contributed by atoms with Gasteiger partial charge in [-0.3, -0.25) is 0 Å². The summed E-state index contributed by atoms with van der Waals surface area (Å²) in [5.41, 5.74) is 11.7. The van der Waals surface area contributed by atoms with E-state index < -0.39 is 0 Å². The highest BCUT2D eigenvalue weighted by molar-refractivity contribution is 8.03. The summed E-state index contributed by atoms with van der Waals surface area (Å²) in [4.78, 5) is 0. The molecule has 1 unspecified atom stereocenters. The second kappa shape index (κ2) is 22.0. The molecule has 8 aromatic carbocycles. The fourth-order valence-electron chi connectivity index (χ4n) is 9.48. The van der Waals surface area contributed by atoms with E-state index in [1.54, 1.807) is 0 Å². The number of hydrogen-bond acceptors (Lipinski definition) is 6. The first-order valence-corrected chi connectivity index (χ1v) is 27.2. The van der Waals surface area contributed by atoms with Gasteiger partial charge in [0.15, 0.2) is 23.0 Å². The molecular weight excluding hydrogens is 909 g/mol. The molecule has 0 amide bonds. The van der Waals surface area contributed by atoms with Crippen molar-refractivity contribution >= 4 is 23.5 Å². The molecule has 2 atom stereocenters. The molecular formula is C65H66O4S2. The number of rotatable bonds is 14. The summed E-state index contributed by atoms with van der Waals surface area (Å²) < 4.78 is 14.1. The lowest BCUT2D eigenvalue weighted by Crippen LogP contribution is -2.19. The molecule has 362 valence electrons. The van der Waals surface area contributed by atoms with Gasteiger partial charge in [-0.05, 0) is 69.2 Å². The third-order valence-corrected chi connectivity index (χ3v) is 16.7. The van der Waals surface area contributed by atoms with Crippen molar-refractivity contribution in [1.29, 1.82) is 0 Å². The maximum Gasteiger partial charge on any atom is 0.169 e. The third kappa shape index (κ3) is 11.7. The van der Waals surface area contributed by atoms with E-state index >= 15 is 0 Å². The highest BCUT2D eigenvalue weighted by Crippen LogP contribution is 2.49. The molecule has 1 saturated carbocycles. The van der Waals surface area contributed by atoms with E-state index in [1.807, 2.05) is 108 Å². The minimum atomic E-state index is -0.188. The summed E-state index contributed by atoms with van der Waals surface area (Å²) in [6, 6.07) is 62.3. The molecule has 0 aromatic heterocycles. The number of aromatic hydroxyl groups is 2. The van der Waals surface area contributed by atoms with Gasteiger partial charge in [-0.15, -0.1) is 0 Å². The first kappa shape index (κ1) is 49.6. The molecule has 0 heterocycles. The Hall–Kier alpha value is -6.34. The number of phenols is 2. The van der Waals surface area contributed by atoms with E-state index in [-0.39, 0.29) is 22.3 Å². The first-order valence-electron chi connectivity index (χ1n) is 25.1. The summed E-state index contributed by atoms with van der Waals surface area (Å²) in [5.74, 6) is 4.03. The molecule has 6 heteroatoms. The van der Waals surface area contributed by atoms with Crippen LogP contribution in [0.25, 0.3) is 44.5 Å². The van der Waals surface area contributed by atoms with Crippen molar-refractivity contribution in [2.45, 2.75) is 106 Å². The Morgan fingerprint density at radius 3 is 1.01 bits per heavy atom. The molecule has 8 aromatic rings. The van der Waals surface area contributed by atoms with Crippen molar-refractivity contribution in [3.05, 3.63) is 204 Å². The molecule has 9 rings (SSSR count). The van der Waals surface area contributed by atoms with Crippen LogP contribution >= 0.6 is 23.5 Å². The van der Waals surface area contributed by atoms with Gasteiger partial charge in [-0.2, -0.15) is 23.5 Å². The normalized spacial score (nSPS) is 15.2. The average Bonchev–Trinajstić information content (AvgIpc) is 3.62. The molecule has 0 radical (unpaired) electrons. The smallest absolute Gasteiger partial charge is 0.169 e. The van der Waals surface area contributed by atoms with Gasteiger partial charge in [0.1, 0.15) is 11.5 Å². The molecule has 71 heavy (non-hydrogen) atoms. The highest BCUT2D eigenvalue weighted by Gasteiger charge is 2.29. The van der Waals surface area contributed by atoms with E-state index in [0.717, 1.165) is 91.1 Å². The number of benzene rings is 8. The van der Waals surface area contributed by atoms with Crippen molar-refractivity contribution in [1.82, 2.24) is 0 Å². The molecule has 4 nitrogen and oxygen atoms in total. The molecule has 0 bridgehead atoms. The van der Waals surface area contributed by atoms with Crippen molar-refractivity contribution in [3.8, 4) is 79.0 Å². The van der Waals surface area contributed by atoms with Gasteiger partial charge in [0.2, 0.25) is 0 Å². The summed E-state index contributed by atoms with van der Waals surface area (Å²) in [7, 11) is 0. The van der Waals surface area contributed by atoms with Gasteiger partial charge < -0.3 is 19.7 Å². The van der Waals surface area contributed by atoms with Gasteiger partial charge >= 0.3 is 0 Å².